The normalized spacial score (nSPS) is 18.3. The number of hydrogen-bond acceptors (Lipinski definition) is 4. The predicted molar refractivity (Wildman–Crippen MR) is 84.9 cm³/mol. The minimum absolute atomic E-state index is 0.0375. The van der Waals surface area contributed by atoms with Gasteiger partial charge in [0.1, 0.15) is 5.60 Å². The van der Waals surface area contributed by atoms with E-state index >= 15 is 0 Å². The largest absolute Gasteiger partial charge is 0.459 e. The van der Waals surface area contributed by atoms with Crippen LogP contribution in [0.1, 0.15) is 29.0 Å². The van der Waals surface area contributed by atoms with E-state index in [2.05, 4.69) is 5.32 Å². The Labute approximate surface area is 135 Å². The number of furan rings is 1. The molecule has 0 radical (unpaired) electrons. The molecular weight excluding hydrogens is 294 g/mol. The molecule has 0 spiro atoms. The summed E-state index contributed by atoms with van der Waals surface area (Å²) >= 11 is 0. The van der Waals surface area contributed by atoms with E-state index < -0.39 is 5.60 Å². The second-order valence-electron chi connectivity index (χ2n) is 5.84. The molecule has 3 rings (SSSR count). The fraction of sp³-hybridized carbons (Fsp3) is 0.389. The monoisotopic (exact) mass is 315 g/mol. The van der Waals surface area contributed by atoms with Gasteiger partial charge in [-0.3, -0.25) is 4.79 Å². The van der Waals surface area contributed by atoms with E-state index in [1.54, 1.807) is 12.1 Å². The molecule has 1 aromatic carbocycles. The van der Waals surface area contributed by atoms with Gasteiger partial charge in [0.15, 0.2) is 5.76 Å². The molecule has 5 nitrogen and oxygen atoms in total. The zero-order chi connectivity index (χ0) is 16.1. The van der Waals surface area contributed by atoms with Crippen LogP contribution in [-0.2, 0) is 10.3 Å². The second-order valence-corrected chi connectivity index (χ2v) is 5.84. The van der Waals surface area contributed by atoms with Crippen molar-refractivity contribution in [1.29, 1.82) is 0 Å². The van der Waals surface area contributed by atoms with Gasteiger partial charge in [-0.1, -0.05) is 30.3 Å². The third-order valence-corrected chi connectivity index (χ3v) is 4.43. The Bertz CT molecular complexity index is 620. The summed E-state index contributed by atoms with van der Waals surface area (Å²) in [5.41, 5.74) is -0.306. The van der Waals surface area contributed by atoms with Gasteiger partial charge in [0, 0.05) is 13.2 Å². The van der Waals surface area contributed by atoms with Gasteiger partial charge in [0.2, 0.25) is 0 Å². The highest BCUT2D eigenvalue weighted by Gasteiger charge is 2.39. The molecule has 1 amide bonds. The lowest BCUT2D eigenvalue weighted by Gasteiger charge is -2.39. The standard InChI is InChI=1S/C18H21NO4/c20-17(16-7-4-10-23-16)19-13-18(21,14-5-2-1-3-6-14)15-8-11-22-12-9-15/h1-7,10,15,21H,8-9,11-13H2,(H,19,20). The second kappa shape index (κ2) is 6.98. The average Bonchev–Trinajstić information content (AvgIpc) is 3.16. The molecule has 23 heavy (non-hydrogen) atoms. The highest BCUT2D eigenvalue weighted by atomic mass is 16.5. The molecule has 2 N–H and O–H groups in total. The zero-order valence-corrected chi connectivity index (χ0v) is 12.9. The molecular formula is C18H21NO4. The number of hydrogen-bond donors (Lipinski definition) is 2. The van der Waals surface area contributed by atoms with E-state index in [9.17, 15) is 9.90 Å². The molecule has 1 fully saturated rings. The van der Waals surface area contributed by atoms with Gasteiger partial charge in [-0.25, -0.2) is 0 Å². The van der Waals surface area contributed by atoms with E-state index in [1.807, 2.05) is 30.3 Å². The van der Waals surface area contributed by atoms with Crippen molar-refractivity contribution in [3.8, 4) is 0 Å². The lowest BCUT2D eigenvalue weighted by molar-refractivity contribution is -0.0680. The summed E-state index contributed by atoms with van der Waals surface area (Å²) in [6.45, 7) is 1.40. The summed E-state index contributed by atoms with van der Waals surface area (Å²) in [7, 11) is 0. The van der Waals surface area contributed by atoms with Gasteiger partial charge < -0.3 is 19.6 Å². The Balaban J connectivity index is 1.79. The van der Waals surface area contributed by atoms with Crippen LogP contribution in [0.15, 0.2) is 53.1 Å². The minimum Gasteiger partial charge on any atom is -0.459 e. The third kappa shape index (κ3) is 3.46. The van der Waals surface area contributed by atoms with E-state index in [1.165, 1.54) is 6.26 Å². The Morgan fingerprint density at radius 2 is 1.91 bits per heavy atom. The lowest BCUT2D eigenvalue weighted by atomic mass is 9.77. The highest BCUT2D eigenvalue weighted by Crippen LogP contribution is 2.35. The van der Waals surface area contributed by atoms with Crippen molar-refractivity contribution in [2.75, 3.05) is 19.8 Å². The summed E-state index contributed by atoms with van der Waals surface area (Å²) in [6.07, 6.45) is 2.99. The smallest absolute Gasteiger partial charge is 0.287 e. The molecule has 1 aliphatic rings. The highest BCUT2D eigenvalue weighted by molar-refractivity contribution is 5.91. The molecule has 1 unspecified atom stereocenters. The molecule has 0 bridgehead atoms. The van der Waals surface area contributed by atoms with E-state index in [0.717, 1.165) is 18.4 Å². The Morgan fingerprint density at radius 3 is 2.57 bits per heavy atom. The van der Waals surface area contributed by atoms with Crippen molar-refractivity contribution in [3.05, 3.63) is 60.1 Å². The average molecular weight is 315 g/mol. The lowest BCUT2D eigenvalue weighted by Crippen LogP contribution is -2.47. The minimum atomic E-state index is -1.12. The molecule has 122 valence electrons. The van der Waals surface area contributed by atoms with Crippen LogP contribution in [0.5, 0.6) is 0 Å². The number of nitrogens with one attached hydrogen (secondary N) is 1. The fourth-order valence-corrected chi connectivity index (χ4v) is 3.09. The van der Waals surface area contributed by atoms with Gasteiger partial charge in [-0.2, -0.15) is 0 Å². The molecule has 0 aliphatic carbocycles. The zero-order valence-electron chi connectivity index (χ0n) is 12.9. The van der Waals surface area contributed by atoms with Crippen LogP contribution in [0.3, 0.4) is 0 Å². The van der Waals surface area contributed by atoms with Crippen LogP contribution in [0, 0.1) is 5.92 Å². The van der Waals surface area contributed by atoms with Crippen LogP contribution in [0.25, 0.3) is 0 Å². The maximum atomic E-state index is 12.1. The van der Waals surface area contributed by atoms with Gasteiger partial charge >= 0.3 is 0 Å². The number of aliphatic hydroxyl groups is 1. The number of ether oxygens (including phenoxy) is 1. The summed E-state index contributed by atoms with van der Waals surface area (Å²) < 4.78 is 10.5. The Kier molecular flexibility index (Phi) is 4.79. The van der Waals surface area contributed by atoms with Crippen LogP contribution >= 0.6 is 0 Å². The molecule has 0 saturated carbocycles. The van der Waals surface area contributed by atoms with Crippen molar-refractivity contribution in [3.63, 3.8) is 0 Å². The number of amides is 1. The maximum Gasteiger partial charge on any atom is 0.287 e. The van der Waals surface area contributed by atoms with Crippen molar-refractivity contribution in [1.82, 2.24) is 5.32 Å². The van der Waals surface area contributed by atoms with Gasteiger partial charge in [0.25, 0.3) is 5.91 Å². The third-order valence-electron chi connectivity index (χ3n) is 4.43. The van der Waals surface area contributed by atoms with E-state index in [-0.39, 0.29) is 24.1 Å². The molecule has 1 saturated heterocycles. The number of carbonyl (C=O) groups is 1. The summed E-state index contributed by atoms with van der Waals surface area (Å²) in [5.74, 6) is -0.0423. The summed E-state index contributed by atoms with van der Waals surface area (Å²) in [5, 5.41) is 14.2. The quantitative estimate of drug-likeness (QED) is 0.888. The van der Waals surface area contributed by atoms with Gasteiger partial charge in [-0.05, 0) is 36.5 Å². The Hall–Kier alpha value is -2.11. The molecule has 1 aliphatic heterocycles. The van der Waals surface area contributed by atoms with E-state index in [4.69, 9.17) is 9.15 Å². The van der Waals surface area contributed by atoms with E-state index in [0.29, 0.717) is 13.2 Å². The molecule has 1 aromatic heterocycles. The molecule has 2 aromatic rings. The first-order chi connectivity index (χ1) is 11.2. The first kappa shape index (κ1) is 15.8. The van der Waals surface area contributed by atoms with Crippen LogP contribution in [0.4, 0.5) is 0 Å². The Morgan fingerprint density at radius 1 is 1.17 bits per heavy atom. The maximum absolute atomic E-state index is 12.1. The molecule has 5 heteroatoms. The van der Waals surface area contributed by atoms with Crippen molar-refractivity contribution >= 4 is 5.91 Å². The van der Waals surface area contributed by atoms with Crippen LogP contribution in [0.2, 0.25) is 0 Å². The topological polar surface area (TPSA) is 71.7 Å². The fourth-order valence-electron chi connectivity index (χ4n) is 3.09. The van der Waals surface area contributed by atoms with Crippen LogP contribution in [-0.4, -0.2) is 30.8 Å². The predicted octanol–water partition coefficient (Wildman–Crippen LogP) is 2.32. The molecule has 1 atom stereocenters. The van der Waals surface area contributed by atoms with Crippen molar-refractivity contribution in [2.45, 2.75) is 18.4 Å². The van der Waals surface area contributed by atoms with Crippen molar-refractivity contribution in [2.24, 2.45) is 5.92 Å². The first-order valence-electron chi connectivity index (χ1n) is 7.87. The number of rotatable bonds is 5. The number of benzene rings is 1. The van der Waals surface area contributed by atoms with Gasteiger partial charge in [0.05, 0.1) is 12.8 Å². The SMILES string of the molecule is O=C(NCC(O)(c1ccccc1)C1CCOCC1)c1ccco1. The molecule has 2 heterocycles. The van der Waals surface area contributed by atoms with Gasteiger partial charge in [-0.15, -0.1) is 0 Å². The summed E-state index contributed by atoms with van der Waals surface area (Å²) in [4.78, 5) is 12.1. The first-order valence-corrected chi connectivity index (χ1v) is 7.87. The van der Waals surface area contributed by atoms with Crippen LogP contribution < -0.4 is 5.32 Å². The van der Waals surface area contributed by atoms with Crippen molar-refractivity contribution < 1.29 is 19.1 Å². The summed E-state index contributed by atoms with van der Waals surface area (Å²) in [6, 6.07) is 12.8. The number of carbonyl (C=O) groups excluding carboxylic acids is 1.